The molecule has 0 fully saturated rings. The zero-order chi connectivity index (χ0) is 36.5. The van der Waals surface area contributed by atoms with Crippen molar-refractivity contribution in [1.82, 2.24) is 9.55 Å². The average molecular weight is 701 g/mol. The van der Waals surface area contributed by atoms with Gasteiger partial charge in [0.15, 0.2) is 0 Å². The molecule has 0 N–H and O–H groups in total. The highest BCUT2D eigenvalue weighted by Gasteiger charge is 2.20. The molecule has 2 nitrogen and oxygen atoms in total. The van der Waals surface area contributed by atoms with Gasteiger partial charge < -0.3 is 0 Å². The van der Waals surface area contributed by atoms with Gasteiger partial charge in [-0.25, -0.2) is 4.98 Å². The van der Waals surface area contributed by atoms with Gasteiger partial charge in [-0.2, -0.15) is 0 Å². The fourth-order valence-electron chi connectivity index (χ4n) is 8.98. The van der Waals surface area contributed by atoms with E-state index < -0.39 is 0 Å². The van der Waals surface area contributed by atoms with E-state index >= 15 is 0 Å². The molecular weight excluding hydrogens is 665 g/mol. The number of imidazole rings is 1. The maximum atomic E-state index is 4.95. The standard InChI is InChI=1S/C53H36N2/c1-2-51-54-49-22-12-13-23-50(49)55(51)40-28-26-35-30-39(25-24-36(35)31-40)52-44-20-10-11-21-45(44)53(48-32-37(27-29-46(48)52)34-14-4-3-5-15-34)47-33-38-16-6-7-17-41(38)42-18-8-9-19-43(42)47/h3-33H,2H2,1H3. The second-order valence-corrected chi connectivity index (χ2v) is 14.6. The van der Waals surface area contributed by atoms with Crippen molar-refractivity contribution in [3.63, 3.8) is 0 Å². The second kappa shape index (κ2) is 12.5. The third kappa shape index (κ3) is 4.99. The minimum absolute atomic E-state index is 0.864. The Morgan fingerprint density at radius 1 is 0.400 bits per heavy atom. The highest BCUT2D eigenvalue weighted by Crippen LogP contribution is 2.47. The third-order valence-electron chi connectivity index (χ3n) is 11.5. The predicted octanol–water partition coefficient (Wildman–Crippen LogP) is 14.4. The lowest BCUT2D eigenvalue weighted by atomic mass is 9.82. The first kappa shape index (κ1) is 31.5. The van der Waals surface area contributed by atoms with Crippen molar-refractivity contribution in [2.24, 2.45) is 0 Å². The third-order valence-corrected chi connectivity index (χ3v) is 11.5. The summed E-state index contributed by atoms with van der Waals surface area (Å²) >= 11 is 0. The SMILES string of the molecule is CCc1nc2ccccc2n1-c1ccc2cc(-c3c4ccccc4c(-c4cc5ccccc5c5ccccc45)c4cc(-c5ccccc5)ccc34)ccc2c1. The molecule has 11 rings (SSSR count). The molecule has 0 amide bonds. The maximum Gasteiger partial charge on any atom is 0.114 e. The van der Waals surface area contributed by atoms with Crippen LogP contribution >= 0.6 is 0 Å². The Morgan fingerprint density at radius 3 is 1.87 bits per heavy atom. The van der Waals surface area contributed by atoms with Crippen molar-refractivity contribution in [1.29, 1.82) is 0 Å². The Balaban J connectivity index is 1.19. The van der Waals surface area contributed by atoms with Crippen molar-refractivity contribution in [3.05, 3.63) is 194 Å². The number of aromatic nitrogens is 2. The Kier molecular flexibility index (Phi) is 7.18. The molecule has 0 aliphatic heterocycles. The Bertz CT molecular complexity index is 3300. The number of hydrogen-bond acceptors (Lipinski definition) is 1. The summed E-state index contributed by atoms with van der Waals surface area (Å²) in [5.41, 5.74) is 10.8. The Hall–Kier alpha value is -7.03. The van der Waals surface area contributed by atoms with E-state index in [-0.39, 0.29) is 0 Å². The van der Waals surface area contributed by atoms with Gasteiger partial charge in [-0.05, 0) is 130 Å². The monoisotopic (exact) mass is 700 g/mol. The molecule has 1 aromatic heterocycles. The molecule has 0 spiro atoms. The van der Waals surface area contributed by atoms with Gasteiger partial charge in [0.1, 0.15) is 5.82 Å². The van der Waals surface area contributed by atoms with E-state index in [1.165, 1.54) is 87.2 Å². The van der Waals surface area contributed by atoms with Gasteiger partial charge >= 0.3 is 0 Å². The highest BCUT2D eigenvalue weighted by molar-refractivity contribution is 6.26. The molecule has 258 valence electrons. The molecular formula is C53H36N2. The van der Waals surface area contributed by atoms with Crippen molar-refractivity contribution in [2.75, 3.05) is 0 Å². The average Bonchev–Trinajstić information content (AvgIpc) is 3.64. The fourth-order valence-corrected chi connectivity index (χ4v) is 8.98. The fraction of sp³-hybridized carbons (Fsp3) is 0.0377. The number of fused-ring (bicyclic) bond motifs is 7. The van der Waals surface area contributed by atoms with Gasteiger partial charge in [0, 0.05) is 12.1 Å². The lowest BCUT2D eigenvalue weighted by molar-refractivity contribution is 0.909. The molecule has 0 aliphatic carbocycles. The summed E-state index contributed by atoms with van der Waals surface area (Å²) < 4.78 is 2.31. The van der Waals surface area contributed by atoms with Crippen LogP contribution in [0.3, 0.4) is 0 Å². The number of nitrogens with zero attached hydrogens (tertiary/aromatic N) is 2. The van der Waals surface area contributed by atoms with Gasteiger partial charge in [0.2, 0.25) is 0 Å². The first-order valence-electron chi connectivity index (χ1n) is 19.2. The van der Waals surface area contributed by atoms with E-state index in [4.69, 9.17) is 4.98 Å². The first-order valence-corrected chi connectivity index (χ1v) is 19.2. The maximum absolute atomic E-state index is 4.95. The molecule has 0 bridgehead atoms. The molecule has 55 heavy (non-hydrogen) atoms. The first-order chi connectivity index (χ1) is 27.2. The molecule has 0 radical (unpaired) electrons. The molecule has 0 unspecified atom stereocenters. The summed E-state index contributed by atoms with van der Waals surface area (Å²) in [6.07, 6.45) is 0.864. The topological polar surface area (TPSA) is 17.8 Å². The van der Waals surface area contributed by atoms with Gasteiger partial charge in [-0.1, -0.05) is 153 Å². The van der Waals surface area contributed by atoms with Crippen molar-refractivity contribution < 1.29 is 0 Å². The van der Waals surface area contributed by atoms with E-state index in [0.29, 0.717) is 0 Å². The van der Waals surface area contributed by atoms with Crippen LogP contribution in [0.25, 0.3) is 104 Å². The van der Waals surface area contributed by atoms with Crippen LogP contribution in [-0.2, 0) is 6.42 Å². The van der Waals surface area contributed by atoms with E-state index in [9.17, 15) is 0 Å². The van der Waals surface area contributed by atoms with Crippen LogP contribution < -0.4 is 0 Å². The summed E-state index contributed by atoms with van der Waals surface area (Å²) in [7, 11) is 0. The summed E-state index contributed by atoms with van der Waals surface area (Å²) in [5, 5.41) is 12.5. The summed E-state index contributed by atoms with van der Waals surface area (Å²) in [6.45, 7) is 2.18. The molecule has 11 aromatic rings. The van der Waals surface area contributed by atoms with Crippen molar-refractivity contribution in [2.45, 2.75) is 13.3 Å². The summed E-state index contributed by atoms with van der Waals surface area (Å²) in [5.74, 6) is 1.07. The van der Waals surface area contributed by atoms with Crippen LogP contribution in [-0.4, -0.2) is 9.55 Å². The van der Waals surface area contributed by atoms with E-state index in [0.717, 1.165) is 29.0 Å². The van der Waals surface area contributed by atoms with Gasteiger partial charge in [-0.15, -0.1) is 0 Å². The smallest absolute Gasteiger partial charge is 0.114 e. The Labute approximate surface area is 319 Å². The molecule has 1 heterocycles. The molecule has 10 aromatic carbocycles. The number of para-hydroxylation sites is 2. The molecule has 0 aliphatic rings. The van der Waals surface area contributed by atoms with Crippen LogP contribution in [0.2, 0.25) is 0 Å². The highest BCUT2D eigenvalue weighted by atomic mass is 15.1. The van der Waals surface area contributed by atoms with Crippen LogP contribution in [0.1, 0.15) is 12.7 Å². The van der Waals surface area contributed by atoms with Crippen LogP contribution in [0.5, 0.6) is 0 Å². The number of rotatable bonds is 5. The summed E-state index contributed by atoms with van der Waals surface area (Å²) in [4.78, 5) is 4.95. The van der Waals surface area contributed by atoms with Gasteiger partial charge in [0.05, 0.1) is 11.0 Å². The van der Waals surface area contributed by atoms with E-state index in [2.05, 4.69) is 200 Å². The van der Waals surface area contributed by atoms with Crippen molar-refractivity contribution in [3.8, 4) is 39.1 Å². The van der Waals surface area contributed by atoms with Crippen LogP contribution in [0.15, 0.2) is 188 Å². The molecule has 0 saturated heterocycles. The number of benzene rings is 10. The molecule has 0 saturated carbocycles. The number of hydrogen-bond donors (Lipinski definition) is 0. The minimum atomic E-state index is 0.864. The zero-order valence-corrected chi connectivity index (χ0v) is 30.5. The lowest BCUT2D eigenvalue weighted by Crippen LogP contribution is -2.00. The largest absolute Gasteiger partial charge is 0.296 e. The lowest BCUT2D eigenvalue weighted by Gasteiger charge is -2.20. The quantitative estimate of drug-likeness (QED) is 0.129. The van der Waals surface area contributed by atoms with Gasteiger partial charge in [-0.3, -0.25) is 4.57 Å². The molecule has 0 atom stereocenters. The molecule has 2 heteroatoms. The van der Waals surface area contributed by atoms with Gasteiger partial charge in [0.25, 0.3) is 0 Å². The van der Waals surface area contributed by atoms with E-state index in [1.54, 1.807) is 0 Å². The van der Waals surface area contributed by atoms with E-state index in [1.807, 2.05) is 0 Å². The normalized spacial score (nSPS) is 11.8. The minimum Gasteiger partial charge on any atom is -0.296 e. The predicted molar refractivity (Wildman–Crippen MR) is 234 cm³/mol. The zero-order valence-electron chi connectivity index (χ0n) is 30.5. The van der Waals surface area contributed by atoms with Crippen LogP contribution in [0, 0.1) is 0 Å². The van der Waals surface area contributed by atoms with Crippen molar-refractivity contribution >= 4 is 64.9 Å². The van der Waals surface area contributed by atoms with Crippen LogP contribution in [0.4, 0.5) is 0 Å². The number of aryl methyl sites for hydroxylation is 1. The summed E-state index contributed by atoms with van der Waals surface area (Å²) in [6, 6.07) is 69.2. The Morgan fingerprint density at radius 2 is 1.04 bits per heavy atom. The second-order valence-electron chi connectivity index (χ2n) is 14.6.